The molecular weight excluding hydrogens is 749 g/mol. The molecule has 3 heterocycles. The third-order valence-corrected chi connectivity index (χ3v) is 13.0. The largest absolute Gasteiger partial charge is 0.344 e. The number of amidine groups is 2. The van der Waals surface area contributed by atoms with Crippen LogP contribution in [0.2, 0.25) is 0 Å². The second kappa shape index (κ2) is 14.0. The Kier molecular flexibility index (Phi) is 8.06. The number of fused-ring (bicyclic) bond motifs is 7. The molecule has 12 rings (SSSR count). The lowest BCUT2D eigenvalue weighted by molar-refractivity contribution is 0.674. The van der Waals surface area contributed by atoms with Gasteiger partial charge < -0.3 is 9.88 Å². The molecule has 2 aromatic heterocycles. The third-order valence-electron chi connectivity index (χ3n) is 11.8. The van der Waals surface area contributed by atoms with Crippen LogP contribution in [0.3, 0.4) is 0 Å². The maximum atomic E-state index is 5.40. The predicted octanol–water partition coefficient (Wildman–Crippen LogP) is 14.1. The molecule has 1 aliphatic rings. The molecule has 0 saturated carbocycles. The van der Waals surface area contributed by atoms with E-state index in [0.29, 0.717) is 5.84 Å². The van der Waals surface area contributed by atoms with Gasteiger partial charge in [0.2, 0.25) is 0 Å². The minimum absolute atomic E-state index is 0.318. The Morgan fingerprint density at radius 2 is 1.12 bits per heavy atom. The number of hydrogen-bond acceptors (Lipinski definition) is 4. The fourth-order valence-corrected chi connectivity index (χ4v) is 10.2. The van der Waals surface area contributed by atoms with Crippen molar-refractivity contribution < 1.29 is 0 Å². The second-order valence-corrected chi connectivity index (χ2v) is 16.4. The quantitative estimate of drug-likeness (QED) is 0.179. The van der Waals surface area contributed by atoms with Crippen molar-refractivity contribution in [1.29, 1.82) is 0 Å². The summed E-state index contributed by atoms with van der Waals surface area (Å²) in [5.41, 5.74) is 11.1. The summed E-state index contributed by atoms with van der Waals surface area (Å²) >= 11 is 1.84. The molecule has 0 radical (unpaired) electrons. The van der Waals surface area contributed by atoms with Crippen LogP contribution in [0.5, 0.6) is 0 Å². The van der Waals surface area contributed by atoms with Crippen molar-refractivity contribution in [3.8, 4) is 27.9 Å². The summed E-state index contributed by atoms with van der Waals surface area (Å²) in [5, 5.41) is 11.1. The summed E-state index contributed by atoms with van der Waals surface area (Å²) in [6.07, 6.45) is -0.318. The number of rotatable bonds is 6. The molecular formula is C55H36N4S. The first-order valence-corrected chi connectivity index (χ1v) is 21.2. The maximum Gasteiger partial charge on any atom is 0.160 e. The van der Waals surface area contributed by atoms with E-state index in [1.165, 1.54) is 52.8 Å². The van der Waals surface area contributed by atoms with Crippen LogP contribution in [0, 0.1) is 0 Å². The standard InChI is InChI=1S/C55H36N4S/c1-4-16-35(17-5-1)41-25-14-27-47-51(41)46-32-38-22-10-11-23-39(38)33-48(46)59(47)40-30-31-43(45(34-40)42-26-15-29-50-52(42)44-24-12-13-28-49(44)60-50)55-57-53(36-18-6-2-7-19-36)56-54(58-55)37-20-8-3-9-21-37/h1-34,53H,(H,56,57,58). The minimum Gasteiger partial charge on any atom is -0.344 e. The molecule has 11 aromatic rings. The number of nitrogens with one attached hydrogen (secondary N) is 1. The van der Waals surface area contributed by atoms with E-state index in [1.807, 2.05) is 23.5 Å². The number of benzene rings is 9. The molecule has 0 spiro atoms. The summed E-state index contributed by atoms with van der Waals surface area (Å²) in [5.74, 6) is 1.49. The zero-order valence-corrected chi connectivity index (χ0v) is 33.3. The van der Waals surface area contributed by atoms with Gasteiger partial charge in [0, 0.05) is 47.8 Å². The summed E-state index contributed by atoms with van der Waals surface area (Å²) in [4.78, 5) is 10.7. The van der Waals surface area contributed by atoms with Crippen molar-refractivity contribution in [2.45, 2.75) is 6.17 Å². The van der Waals surface area contributed by atoms with Gasteiger partial charge in [-0.2, -0.15) is 0 Å². The molecule has 1 N–H and O–H groups in total. The van der Waals surface area contributed by atoms with Crippen molar-refractivity contribution in [1.82, 2.24) is 9.88 Å². The van der Waals surface area contributed by atoms with E-state index in [0.717, 1.165) is 50.4 Å². The highest BCUT2D eigenvalue weighted by Crippen LogP contribution is 2.44. The summed E-state index contributed by atoms with van der Waals surface area (Å²) < 4.78 is 4.98. The van der Waals surface area contributed by atoms with Crippen molar-refractivity contribution in [2.24, 2.45) is 9.98 Å². The summed E-state index contributed by atoms with van der Waals surface area (Å²) in [6.45, 7) is 0. The Hall–Kier alpha value is -7.60. The highest BCUT2D eigenvalue weighted by Gasteiger charge is 2.25. The van der Waals surface area contributed by atoms with Crippen molar-refractivity contribution in [3.05, 3.63) is 223 Å². The molecule has 0 fully saturated rings. The van der Waals surface area contributed by atoms with E-state index in [1.54, 1.807) is 0 Å². The van der Waals surface area contributed by atoms with Crippen molar-refractivity contribution >= 4 is 75.8 Å². The van der Waals surface area contributed by atoms with Crippen molar-refractivity contribution in [3.63, 3.8) is 0 Å². The van der Waals surface area contributed by atoms with Crippen LogP contribution in [-0.2, 0) is 0 Å². The molecule has 0 bridgehead atoms. The molecule has 0 saturated heterocycles. The Morgan fingerprint density at radius 1 is 0.450 bits per heavy atom. The van der Waals surface area contributed by atoms with E-state index in [9.17, 15) is 0 Å². The molecule has 60 heavy (non-hydrogen) atoms. The van der Waals surface area contributed by atoms with Gasteiger partial charge in [0.1, 0.15) is 12.0 Å². The highest BCUT2D eigenvalue weighted by atomic mass is 32.1. The van der Waals surface area contributed by atoms with Gasteiger partial charge in [-0.3, -0.25) is 0 Å². The monoisotopic (exact) mass is 784 g/mol. The van der Waals surface area contributed by atoms with Gasteiger partial charge >= 0.3 is 0 Å². The van der Waals surface area contributed by atoms with E-state index >= 15 is 0 Å². The van der Waals surface area contributed by atoms with Crippen molar-refractivity contribution in [2.75, 3.05) is 0 Å². The van der Waals surface area contributed by atoms with Crippen LogP contribution in [-0.4, -0.2) is 16.2 Å². The first-order chi connectivity index (χ1) is 29.7. The Morgan fingerprint density at radius 3 is 1.93 bits per heavy atom. The molecule has 1 atom stereocenters. The van der Waals surface area contributed by atoms with Gasteiger partial charge in [0.25, 0.3) is 0 Å². The molecule has 1 unspecified atom stereocenters. The Labute approximate surface area is 351 Å². The number of hydrogen-bond donors (Lipinski definition) is 1. The van der Waals surface area contributed by atoms with Gasteiger partial charge in [-0.1, -0.05) is 158 Å². The number of nitrogens with zero attached hydrogens (tertiary/aromatic N) is 3. The minimum atomic E-state index is -0.318. The van der Waals surface area contributed by atoms with Crippen LogP contribution in [0.1, 0.15) is 22.9 Å². The van der Waals surface area contributed by atoms with Crippen LogP contribution >= 0.6 is 11.3 Å². The van der Waals surface area contributed by atoms with Crippen LogP contribution in [0.15, 0.2) is 216 Å². The lowest BCUT2D eigenvalue weighted by Crippen LogP contribution is -2.33. The third kappa shape index (κ3) is 5.66. The SMILES string of the molecule is c1ccc(C2=NC(c3ccc(-n4c5cc6ccccc6cc5c5c(-c6ccccc6)cccc54)cc3-c3cccc4sc5ccccc5c34)=NC(c3ccccc3)N2)cc1. The molecule has 5 heteroatoms. The van der Waals surface area contributed by atoms with Crippen LogP contribution in [0.25, 0.3) is 80.7 Å². The van der Waals surface area contributed by atoms with E-state index in [4.69, 9.17) is 9.98 Å². The molecule has 0 amide bonds. The average molecular weight is 785 g/mol. The Bertz CT molecular complexity index is 3510. The Balaban J connectivity index is 1.17. The lowest BCUT2D eigenvalue weighted by atomic mass is 9.94. The predicted molar refractivity (Wildman–Crippen MR) is 254 cm³/mol. The normalized spacial score (nSPS) is 14.2. The van der Waals surface area contributed by atoms with Gasteiger partial charge in [-0.25, -0.2) is 9.98 Å². The first-order valence-electron chi connectivity index (χ1n) is 20.4. The van der Waals surface area contributed by atoms with Crippen LogP contribution in [0.4, 0.5) is 0 Å². The number of thiophene rings is 1. The van der Waals surface area contributed by atoms with Gasteiger partial charge in [0.05, 0.1) is 11.0 Å². The highest BCUT2D eigenvalue weighted by molar-refractivity contribution is 7.25. The fraction of sp³-hybridized carbons (Fsp3) is 0.0182. The molecule has 0 aliphatic carbocycles. The zero-order valence-electron chi connectivity index (χ0n) is 32.5. The first kappa shape index (κ1) is 34.4. The number of aliphatic imine (C=N–C) groups is 2. The smallest absolute Gasteiger partial charge is 0.160 e. The molecule has 9 aromatic carbocycles. The van der Waals surface area contributed by atoms with Gasteiger partial charge in [0.15, 0.2) is 5.84 Å². The number of aromatic nitrogens is 1. The van der Waals surface area contributed by atoms with Gasteiger partial charge in [-0.15, -0.1) is 11.3 Å². The van der Waals surface area contributed by atoms with E-state index < -0.39 is 0 Å². The molecule has 1 aliphatic heterocycles. The topological polar surface area (TPSA) is 41.7 Å². The van der Waals surface area contributed by atoms with E-state index in [2.05, 4.69) is 204 Å². The zero-order chi connectivity index (χ0) is 39.6. The lowest BCUT2D eigenvalue weighted by Gasteiger charge is -2.25. The fourth-order valence-electron chi connectivity index (χ4n) is 9.10. The molecule has 4 nitrogen and oxygen atoms in total. The summed E-state index contributed by atoms with van der Waals surface area (Å²) in [7, 11) is 0. The van der Waals surface area contributed by atoms with E-state index in [-0.39, 0.29) is 6.17 Å². The molecule has 282 valence electrons. The maximum absolute atomic E-state index is 5.40. The van der Waals surface area contributed by atoms with Gasteiger partial charge in [-0.05, 0) is 87.1 Å². The average Bonchev–Trinajstić information content (AvgIpc) is 3.87. The summed E-state index contributed by atoms with van der Waals surface area (Å²) in [6, 6.07) is 74.1. The van der Waals surface area contributed by atoms with Crippen LogP contribution < -0.4 is 5.32 Å². The second-order valence-electron chi connectivity index (χ2n) is 15.4.